The molecule has 0 saturated carbocycles. The van der Waals surface area contributed by atoms with Gasteiger partial charge in [-0.1, -0.05) is 24.3 Å². The highest BCUT2D eigenvalue weighted by atomic mass is 15.2. The van der Waals surface area contributed by atoms with Crippen molar-refractivity contribution in [2.45, 2.75) is 32.7 Å². The van der Waals surface area contributed by atoms with Crippen molar-refractivity contribution < 1.29 is 0 Å². The van der Waals surface area contributed by atoms with Crippen molar-refractivity contribution in [1.29, 1.82) is 0 Å². The van der Waals surface area contributed by atoms with Crippen LogP contribution in [0.2, 0.25) is 0 Å². The van der Waals surface area contributed by atoms with Gasteiger partial charge in [-0.05, 0) is 61.6 Å². The Balaban J connectivity index is 1.91. The molecule has 0 saturated heterocycles. The highest BCUT2D eigenvalue weighted by Crippen LogP contribution is 2.34. The zero-order chi connectivity index (χ0) is 14.1. The SMILES string of the molecule is Cc1cc(N2CCc3ccccc32)ccc1CC(C)N. The van der Waals surface area contributed by atoms with E-state index in [1.807, 2.05) is 0 Å². The van der Waals surface area contributed by atoms with Gasteiger partial charge < -0.3 is 10.6 Å². The molecule has 1 aliphatic heterocycles. The van der Waals surface area contributed by atoms with Gasteiger partial charge >= 0.3 is 0 Å². The van der Waals surface area contributed by atoms with Crippen molar-refractivity contribution in [2.24, 2.45) is 5.73 Å². The Bertz CT molecular complexity index is 617. The molecule has 0 aliphatic carbocycles. The third kappa shape index (κ3) is 2.44. The number of benzene rings is 2. The average molecular weight is 266 g/mol. The monoisotopic (exact) mass is 266 g/mol. The Morgan fingerprint density at radius 1 is 1.20 bits per heavy atom. The summed E-state index contributed by atoms with van der Waals surface area (Å²) >= 11 is 0. The summed E-state index contributed by atoms with van der Waals surface area (Å²) in [7, 11) is 0. The zero-order valence-electron chi connectivity index (χ0n) is 12.3. The maximum absolute atomic E-state index is 5.91. The highest BCUT2D eigenvalue weighted by molar-refractivity contribution is 5.70. The lowest BCUT2D eigenvalue weighted by molar-refractivity contribution is 0.735. The normalized spacial score (nSPS) is 15.2. The van der Waals surface area contributed by atoms with E-state index in [0.29, 0.717) is 0 Å². The molecule has 20 heavy (non-hydrogen) atoms. The van der Waals surface area contributed by atoms with E-state index in [-0.39, 0.29) is 6.04 Å². The Morgan fingerprint density at radius 3 is 2.75 bits per heavy atom. The maximum atomic E-state index is 5.91. The maximum Gasteiger partial charge on any atom is 0.0444 e. The summed E-state index contributed by atoms with van der Waals surface area (Å²) in [6.45, 7) is 5.32. The molecule has 0 spiro atoms. The van der Waals surface area contributed by atoms with Crippen LogP contribution in [0, 0.1) is 6.92 Å². The predicted molar refractivity (Wildman–Crippen MR) is 85.7 cm³/mol. The molecule has 1 atom stereocenters. The fourth-order valence-electron chi connectivity index (χ4n) is 3.03. The molecule has 0 aromatic heterocycles. The molecular formula is C18H22N2. The van der Waals surface area contributed by atoms with E-state index < -0.39 is 0 Å². The van der Waals surface area contributed by atoms with Crippen molar-refractivity contribution in [3.8, 4) is 0 Å². The fraction of sp³-hybridized carbons (Fsp3) is 0.333. The molecule has 2 nitrogen and oxygen atoms in total. The van der Waals surface area contributed by atoms with Crippen molar-refractivity contribution in [3.63, 3.8) is 0 Å². The van der Waals surface area contributed by atoms with Crippen molar-refractivity contribution >= 4 is 11.4 Å². The lowest BCUT2D eigenvalue weighted by atomic mass is 10.0. The molecule has 1 aliphatic rings. The molecule has 1 heterocycles. The van der Waals surface area contributed by atoms with Crippen molar-refractivity contribution in [3.05, 3.63) is 59.2 Å². The van der Waals surface area contributed by atoms with Crippen molar-refractivity contribution in [2.75, 3.05) is 11.4 Å². The average Bonchev–Trinajstić information content (AvgIpc) is 2.84. The molecule has 2 aromatic rings. The quantitative estimate of drug-likeness (QED) is 0.920. The van der Waals surface area contributed by atoms with Crippen LogP contribution in [0.15, 0.2) is 42.5 Å². The molecule has 2 heteroatoms. The van der Waals surface area contributed by atoms with Crippen LogP contribution in [0.5, 0.6) is 0 Å². The van der Waals surface area contributed by atoms with Crippen LogP contribution in [0.25, 0.3) is 0 Å². The van der Waals surface area contributed by atoms with Gasteiger partial charge in [-0.15, -0.1) is 0 Å². The van der Waals surface area contributed by atoms with Gasteiger partial charge in [0.2, 0.25) is 0 Å². The third-order valence-electron chi connectivity index (χ3n) is 4.07. The summed E-state index contributed by atoms with van der Waals surface area (Å²) in [5, 5.41) is 0. The number of nitrogens with zero attached hydrogens (tertiary/aromatic N) is 1. The minimum absolute atomic E-state index is 0.215. The Labute approximate surface area is 121 Å². The van der Waals surface area contributed by atoms with E-state index in [1.54, 1.807) is 0 Å². The van der Waals surface area contributed by atoms with E-state index in [2.05, 4.69) is 61.2 Å². The van der Waals surface area contributed by atoms with Gasteiger partial charge in [0.25, 0.3) is 0 Å². The molecule has 2 N–H and O–H groups in total. The van der Waals surface area contributed by atoms with Gasteiger partial charge in [-0.2, -0.15) is 0 Å². The van der Waals surface area contributed by atoms with Crippen LogP contribution in [0.1, 0.15) is 23.6 Å². The van der Waals surface area contributed by atoms with Gasteiger partial charge in [0, 0.05) is 24.0 Å². The molecule has 0 bridgehead atoms. The molecule has 0 fully saturated rings. The number of fused-ring (bicyclic) bond motifs is 1. The van der Waals surface area contributed by atoms with E-state index in [0.717, 1.165) is 19.4 Å². The first-order chi connectivity index (χ1) is 9.65. The first kappa shape index (κ1) is 13.2. The van der Waals surface area contributed by atoms with Crippen LogP contribution in [-0.2, 0) is 12.8 Å². The topological polar surface area (TPSA) is 29.3 Å². The second-order valence-corrected chi connectivity index (χ2v) is 5.82. The van der Waals surface area contributed by atoms with Gasteiger partial charge in [-0.3, -0.25) is 0 Å². The van der Waals surface area contributed by atoms with Gasteiger partial charge in [0.15, 0.2) is 0 Å². The first-order valence-corrected chi connectivity index (χ1v) is 7.35. The molecule has 1 unspecified atom stereocenters. The molecule has 3 rings (SSSR count). The van der Waals surface area contributed by atoms with Crippen LogP contribution in [-0.4, -0.2) is 12.6 Å². The lowest BCUT2D eigenvalue weighted by Gasteiger charge is -2.21. The Morgan fingerprint density at radius 2 is 2.00 bits per heavy atom. The minimum atomic E-state index is 0.215. The highest BCUT2D eigenvalue weighted by Gasteiger charge is 2.19. The largest absolute Gasteiger partial charge is 0.341 e. The molecule has 0 amide bonds. The zero-order valence-corrected chi connectivity index (χ0v) is 12.3. The second-order valence-electron chi connectivity index (χ2n) is 5.82. The van der Waals surface area contributed by atoms with E-state index in [1.165, 1.54) is 28.1 Å². The van der Waals surface area contributed by atoms with Crippen LogP contribution in [0.4, 0.5) is 11.4 Å². The number of hydrogen-bond donors (Lipinski definition) is 1. The Hall–Kier alpha value is -1.80. The standard InChI is InChI=1S/C18H22N2/c1-13-11-17(8-7-16(13)12-14(2)19)20-10-9-15-5-3-4-6-18(15)20/h3-8,11,14H,9-10,12,19H2,1-2H3. The summed E-state index contributed by atoms with van der Waals surface area (Å²) in [4.78, 5) is 2.41. The summed E-state index contributed by atoms with van der Waals surface area (Å²) in [5.74, 6) is 0. The third-order valence-corrected chi connectivity index (χ3v) is 4.07. The van der Waals surface area contributed by atoms with Crippen LogP contribution >= 0.6 is 0 Å². The summed E-state index contributed by atoms with van der Waals surface area (Å²) in [6.07, 6.45) is 2.08. The fourth-order valence-corrected chi connectivity index (χ4v) is 3.03. The predicted octanol–water partition coefficient (Wildman–Crippen LogP) is 3.58. The molecule has 104 valence electrons. The van der Waals surface area contributed by atoms with Crippen molar-refractivity contribution in [1.82, 2.24) is 0 Å². The molecular weight excluding hydrogens is 244 g/mol. The first-order valence-electron chi connectivity index (χ1n) is 7.35. The number of aryl methyl sites for hydroxylation is 1. The second kappa shape index (κ2) is 5.29. The molecule has 0 radical (unpaired) electrons. The van der Waals surface area contributed by atoms with Gasteiger partial charge in [0.1, 0.15) is 0 Å². The minimum Gasteiger partial charge on any atom is -0.341 e. The number of rotatable bonds is 3. The lowest BCUT2D eigenvalue weighted by Crippen LogP contribution is -2.19. The smallest absolute Gasteiger partial charge is 0.0444 e. The van der Waals surface area contributed by atoms with E-state index in [9.17, 15) is 0 Å². The number of para-hydroxylation sites is 1. The summed E-state index contributed by atoms with van der Waals surface area (Å²) in [5.41, 5.74) is 12.7. The van der Waals surface area contributed by atoms with Crippen LogP contribution < -0.4 is 10.6 Å². The number of anilines is 2. The van der Waals surface area contributed by atoms with E-state index in [4.69, 9.17) is 5.73 Å². The van der Waals surface area contributed by atoms with Gasteiger partial charge in [-0.25, -0.2) is 0 Å². The van der Waals surface area contributed by atoms with Crippen LogP contribution in [0.3, 0.4) is 0 Å². The number of nitrogens with two attached hydrogens (primary N) is 1. The molecule has 2 aromatic carbocycles. The summed E-state index contributed by atoms with van der Waals surface area (Å²) in [6, 6.07) is 15.7. The van der Waals surface area contributed by atoms with E-state index >= 15 is 0 Å². The van der Waals surface area contributed by atoms with Gasteiger partial charge in [0.05, 0.1) is 0 Å². The summed E-state index contributed by atoms with van der Waals surface area (Å²) < 4.78 is 0. The number of hydrogen-bond acceptors (Lipinski definition) is 2. The Kier molecular flexibility index (Phi) is 3.49.